The SMILES string of the molecule is Clc1cc(NCCC2CCOC2)n2ncnc2n1. The van der Waals surface area contributed by atoms with E-state index in [-0.39, 0.29) is 0 Å². The maximum absolute atomic E-state index is 5.93. The second kappa shape index (κ2) is 5.07. The predicted octanol–water partition coefficient (Wildman–Crippen LogP) is 1.62. The molecule has 0 radical (unpaired) electrons. The van der Waals surface area contributed by atoms with E-state index < -0.39 is 0 Å². The van der Waals surface area contributed by atoms with Crippen LogP contribution in [0.25, 0.3) is 5.78 Å². The molecule has 2 aromatic heterocycles. The quantitative estimate of drug-likeness (QED) is 0.853. The zero-order valence-electron chi connectivity index (χ0n) is 9.84. The van der Waals surface area contributed by atoms with E-state index in [4.69, 9.17) is 16.3 Å². The highest BCUT2D eigenvalue weighted by molar-refractivity contribution is 6.29. The van der Waals surface area contributed by atoms with Gasteiger partial charge < -0.3 is 10.1 Å². The number of nitrogens with zero attached hydrogens (tertiary/aromatic N) is 4. The summed E-state index contributed by atoms with van der Waals surface area (Å²) < 4.78 is 7.00. The topological polar surface area (TPSA) is 64.3 Å². The number of fused-ring (bicyclic) bond motifs is 1. The molecule has 1 N–H and O–H groups in total. The lowest BCUT2D eigenvalue weighted by atomic mass is 10.1. The fraction of sp³-hybridized carbons (Fsp3) is 0.545. The Bertz CT molecular complexity index is 537. The van der Waals surface area contributed by atoms with Crippen LogP contribution in [0.4, 0.5) is 5.82 Å². The lowest BCUT2D eigenvalue weighted by Crippen LogP contribution is -2.12. The summed E-state index contributed by atoms with van der Waals surface area (Å²) in [5, 5.41) is 7.85. The fourth-order valence-electron chi connectivity index (χ4n) is 2.12. The molecule has 96 valence electrons. The highest BCUT2D eigenvalue weighted by Crippen LogP contribution is 2.18. The molecule has 0 amide bonds. The molecule has 0 saturated carbocycles. The molecule has 1 fully saturated rings. The second-order valence-corrected chi connectivity index (χ2v) is 4.77. The summed E-state index contributed by atoms with van der Waals surface area (Å²) in [6.45, 7) is 2.62. The first-order valence-electron chi connectivity index (χ1n) is 6.01. The molecule has 3 heterocycles. The van der Waals surface area contributed by atoms with Crippen molar-refractivity contribution in [1.82, 2.24) is 19.6 Å². The third-order valence-corrected chi connectivity index (χ3v) is 3.30. The van der Waals surface area contributed by atoms with E-state index in [9.17, 15) is 0 Å². The van der Waals surface area contributed by atoms with Gasteiger partial charge in [-0.05, 0) is 18.8 Å². The van der Waals surface area contributed by atoms with Crippen molar-refractivity contribution in [3.05, 3.63) is 17.5 Å². The molecule has 1 saturated heterocycles. The average molecular weight is 268 g/mol. The standard InChI is InChI=1S/C11H14ClN5O/c12-9-5-10(17-11(16-9)14-7-15-17)13-3-1-8-2-4-18-6-8/h5,7-8,13H,1-4,6H2. The van der Waals surface area contributed by atoms with Gasteiger partial charge in [0.05, 0.1) is 0 Å². The van der Waals surface area contributed by atoms with Gasteiger partial charge in [0.1, 0.15) is 17.3 Å². The molecule has 1 aliphatic heterocycles. The molecule has 1 unspecified atom stereocenters. The maximum atomic E-state index is 5.93. The predicted molar refractivity (Wildman–Crippen MR) is 67.8 cm³/mol. The van der Waals surface area contributed by atoms with Crippen LogP contribution >= 0.6 is 11.6 Å². The molecule has 2 aromatic rings. The Hall–Kier alpha value is -1.40. The number of nitrogens with one attached hydrogen (secondary N) is 1. The van der Waals surface area contributed by atoms with Crippen LogP contribution in [0.1, 0.15) is 12.8 Å². The Kier molecular flexibility index (Phi) is 3.29. The van der Waals surface area contributed by atoms with Gasteiger partial charge in [-0.3, -0.25) is 0 Å². The summed E-state index contributed by atoms with van der Waals surface area (Å²) in [7, 11) is 0. The Labute approximate surface area is 109 Å². The van der Waals surface area contributed by atoms with Gasteiger partial charge in [-0.25, -0.2) is 0 Å². The van der Waals surface area contributed by atoms with Gasteiger partial charge in [-0.15, -0.1) is 0 Å². The minimum absolute atomic E-state index is 0.419. The molecule has 6 nitrogen and oxygen atoms in total. The number of rotatable bonds is 4. The van der Waals surface area contributed by atoms with Gasteiger partial charge in [0, 0.05) is 25.8 Å². The molecule has 3 rings (SSSR count). The van der Waals surface area contributed by atoms with E-state index in [2.05, 4.69) is 20.4 Å². The molecular formula is C11H14ClN5O. The van der Waals surface area contributed by atoms with Crippen LogP contribution < -0.4 is 5.32 Å². The molecule has 7 heteroatoms. The van der Waals surface area contributed by atoms with E-state index in [1.807, 2.05) is 0 Å². The minimum atomic E-state index is 0.419. The third kappa shape index (κ3) is 2.39. The number of ether oxygens (including phenoxy) is 1. The number of halogens is 1. The summed E-state index contributed by atoms with van der Waals surface area (Å²) in [6, 6.07) is 1.76. The van der Waals surface area contributed by atoms with Gasteiger partial charge >= 0.3 is 0 Å². The Morgan fingerprint density at radius 3 is 3.33 bits per heavy atom. The lowest BCUT2D eigenvalue weighted by Gasteiger charge is -2.10. The van der Waals surface area contributed by atoms with Gasteiger partial charge in [0.2, 0.25) is 0 Å². The van der Waals surface area contributed by atoms with Crippen molar-refractivity contribution in [2.45, 2.75) is 12.8 Å². The normalized spacial score (nSPS) is 19.5. The summed E-state index contributed by atoms with van der Waals surface area (Å²) >= 11 is 5.93. The Morgan fingerprint density at radius 1 is 1.56 bits per heavy atom. The zero-order valence-corrected chi connectivity index (χ0v) is 10.6. The van der Waals surface area contributed by atoms with Crippen LogP contribution in [-0.4, -0.2) is 39.3 Å². The molecular weight excluding hydrogens is 254 g/mol. The molecule has 0 spiro atoms. The van der Waals surface area contributed by atoms with E-state index in [1.165, 1.54) is 6.33 Å². The van der Waals surface area contributed by atoms with Gasteiger partial charge in [-0.2, -0.15) is 19.6 Å². The number of hydrogen-bond acceptors (Lipinski definition) is 5. The molecule has 0 bridgehead atoms. The molecule has 1 aliphatic rings. The van der Waals surface area contributed by atoms with E-state index in [0.717, 1.165) is 38.4 Å². The van der Waals surface area contributed by atoms with Crippen LogP contribution in [0.5, 0.6) is 0 Å². The first-order chi connectivity index (χ1) is 8.83. The van der Waals surface area contributed by atoms with Crippen molar-refractivity contribution in [3.63, 3.8) is 0 Å². The van der Waals surface area contributed by atoms with Crippen molar-refractivity contribution >= 4 is 23.2 Å². The summed E-state index contributed by atoms with van der Waals surface area (Å²) in [5.41, 5.74) is 0. The van der Waals surface area contributed by atoms with Crippen molar-refractivity contribution in [1.29, 1.82) is 0 Å². The second-order valence-electron chi connectivity index (χ2n) is 4.38. The lowest BCUT2D eigenvalue weighted by molar-refractivity contribution is 0.185. The van der Waals surface area contributed by atoms with Crippen molar-refractivity contribution in [3.8, 4) is 0 Å². The zero-order chi connectivity index (χ0) is 12.4. The molecule has 18 heavy (non-hydrogen) atoms. The third-order valence-electron chi connectivity index (χ3n) is 3.10. The number of aromatic nitrogens is 4. The van der Waals surface area contributed by atoms with Crippen LogP contribution in [0, 0.1) is 5.92 Å². The highest BCUT2D eigenvalue weighted by Gasteiger charge is 2.15. The minimum Gasteiger partial charge on any atom is -0.381 e. The first kappa shape index (κ1) is 11.7. The van der Waals surface area contributed by atoms with Crippen molar-refractivity contribution in [2.24, 2.45) is 5.92 Å². The average Bonchev–Trinajstić information content (AvgIpc) is 2.98. The van der Waals surface area contributed by atoms with Crippen LogP contribution in [0.3, 0.4) is 0 Å². The molecule has 0 aromatic carbocycles. The highest BCUT2D eigenvalue weighted by atomic mass is 35.5. The van der Waals surface area contributed by atoms with Crippen LogP contribution in [0.2, 0.25) is 5.15 Å². The molecule has 1 atom stereocenters. The van der Waals surface area contributed by atoms with E-state index in [0.29, 0.717) is 16.8 Å². The number of anilines is 1. The van der Waals surface area contributed by atoms with E-state index >= 15 is 0 Å². The van der Waals surface area contributed by atoms with Crippen molar-refractivity contribution < 1.29 is 4.74 Å². The summed E-state index contributed by atoms with van der Waals surface area (Å²) in [5.74, 6) is 1.98. The monoisotopic (exact) mass is 267 g/mol. The Balaban J connectivity index is 1.67. The van der Waals surface area contributed by atoms with Crippen molar-refractivity contribution in [2.75, 3.05) is 25.1 Å². The van der Waals surface area contributed by atoms with Crippen LogP contribution in [0.15, 0.2) is 12.4 Å². The smallest absolute Gasteiger partial charge is 0.255 e. The van der Waals surface area contributed by atoms with Crippen LogP contribution in [-0.2, 0) is 4.74 Å². The molecule has 0 aliphatic carbocycles. The van der Waals surface area contributed by atoms with Gasteiger partial charge in [0.15, 0.2) is 0 Å². The van der Waals surface area contributed by atoms with Gasteiger partial charge in [-0.1, -0.05) is 11.6 Å². The fourth-order valence-corrected chi connectivity index (χ4v) is 2.30. The maximum Gasteiger partial charge on any atom is 0.255 e. The largest absolute Gasteiger partial charge is 0.381 e. The summed E-state index contributed by atoms with van der Waals surface area (Å²) in [4.78, 5) is 8.10. The van der Waals surface area contributed by atoms with Gasteiger partial charge in [0.25, 0.3) is 5.78 Å². The number of hydrogen-bond donors (Lipinski definition) is 1. The summed E-state index contributed by atoms with van der Waals surface area (Å²) in [6.07, 6.45) is 3.70. The Morgan fingerprint density at radius 2 is 2.50 bits per heavy atom. The first-order valence-corrected chi connectivity index (χ1v) is 6.38. The van der Waals surface area contributed by atoms with E-state index in [1.54, 1.807) is 10.6 Å².